The number of imidazole rings is 1. The standard InChI is InChI=1S/C45H30N2/c1-4-15-31(16-5-1)34-21-14-22-35(29-34)44-38-24-11-10-23-37(38)43(32-17-6-2-7-18-32)40-30-36(27-28-39(40)44)47-42-26-13-12-25-41(42)46-45(47)33-19-8-3-9-20-33/h1-30H. The zero-order chi connectivity index (χ0) is 31.2. The van der Waals surface area contributed by atoms with E-state index in [2.05, 4.69) is 187 Å². The summed E-state index contributed by atoms with van der Waals surface area (Å²) in [6, 6.07) is 65.1. The van der Waals surface area contributed by atoms with Gasteiger partial charge in [0.1, 0.15) is 5.82 Å². The molecule has 0 saturated carbocycles. The molecule has 0 radical (unpaired) electrons. The zero-order valence-corrected chi connectivity index (χ0v) is 25.7. The molecule has 0 atom stereocenters. The van der Waals surface area contributed by atoms with Gasteiger partial charge in [-0.05, 0) is 85.3 Å². The highest BCUT2D eigenvalue weighted by atomic mass is 15.1. The van der Waals surface area contributed by atoms with Gasteiger partial charge < -0.3 is 0 Å². The van der Waals surface area contributed by atoms with Crippen molar-refractivity contribution in [2.45, 2.75) is 0 Å². The molecule has 0 spiro atoms. The van der Waals surface area contributed by atoms with Crippen molar-refractivity contribution >= 4 is 32.6 Å². The lowest BCUT2D eigenvalue weighted by atomic mass is 9.85. The molecule has 9 aromatic rings. The van der Waals surface area contributed by atoms with E-state index in [1.165, 1.54) is 54.9 Å². The van der Waals surface area contributed by atoms with Crippen LogP contribution < -0.4 is 0 Å². The minimum absolute atomic E-state index is 0.934. The van der Waals surface area contributed by atoms with Crippen molar-refractivity contribution in [3.05, 3.63) is 182 Å². The molecule has 1 heterocycles. The average molecular weight is 599 g/mol. The van der Waals surface area contributed by atoms with Crippen LogP contribution in [-0.2, 0) is 0 Å². The van der Waals surface area contributed by atoms with E-state index < -0.39 is 0 Å². The van der Waals surface area contributed by atoms with Crippen LogP contribution in [0.1, 0.15) is 0 Å². The van der Waals surface area contributed by atoms with E-state index in [0.717, 1.165) is 28.1 Å². The molecule has 0 fully saturated rings. The highest BCUT2D eigenvalue weighted by molar-refractivity contribution is 6.21. The first-order valence-electron chi connectivity index (χ1n) is 16.1. The Bertz CT molecular complexity index is 2550. The van der Waals surface area contributed by atoms with Crippen LogP contribution in [0.25, 0.3) is 83.0 Å². The Kier molecular flexibility index (Phi) is 6.50. The number of hydrogen-bond donors (Lipinski definition) is 0. The molecule has 0 unspecified atom stereocenters. The Morgan fingerprint density at radius 2 is 0.872 bits per heavy atom. The van der Waals surface area contributed by atoms with Crippen LogP contribution in [0.3, 0.4) is 0 Å². The van der Waals surface area contributed by atoms with Crippen molar-refractivity contribution in [2.75, 3.05) is 0 Å². The maximum atomic E-state index is 5.14. The quantitative estimate of drug-likeness (QED) is 0.180. The van der Waals surface area contributed by atoms with E-state index in [9.17, 15) is 0 Å². The van der Waals surface area contributed by atoms with Gasteiger partial charge in [0.15, 0.2) is 0 Å². The van der Waals surface area contributed by atoms with Gasteiger partial charge >= 0.3 is 0 Å². The molecule has 8 aromatic carbocycles. The van der Waals surface area contributed by atoms with Gasteiger partial charge in [0, 0.05) is 11.3 Å². The van der Waals surface area contributed by atoms with Crippen molar-refractivity contribution < 1.29 is 0 Å². The van der Waals surface area contributed by atoms with Crippen LogP contribution in [0.2, 0.25) is 0 Å². The third kappa shape index (κ3) is 4.62. The number of fused-ring (bicyclic) bond motifs is 3. The van der Waals surface area contributed by atoms with Crippen molar-refractivity contribution in [2.24, 2.45) is 0 Å². The Balaban J connectivity index is 1.38. The molecule has 1 aromatic heterocycles. The highest BCUT2D eigenvalue weighted by Gasteiger charge is 2.20. The molecule has 0 saturated heterocycles. The predicted octanol–water partition coefficient (Wildman–Crippen LogP) is 12.0. The Labute approximate surface area is 273 Å². The van der Waals surface area contributed by atoms with Crippen molar-refractivity contribution in [3.63, 3.8) is 0 Å². The largest absolute Gasteiger partial charge is 0.292 e. The van der Waals surface area contributed by atoms with Gasteiger partial charge in [0.2, 0.25) is 0 Å². The summed E-state index contributed by atoms with van der Waals surface area (Å²) in [6.07, 6.45) is 0. The van der Waals surface area contributed by atoms with E-state index in [4.69, 9.17) is 4.98 Å². The van der Waals surface area contributed by atoms with E-state index >= 15 is 0 Å². The molecular formula is C45H30N2. The number of benzene rings is 8. The second-order valence-electron chi connectivity index (χ2n) is 12.0. The summed E-state index contributed by atoms with van der Waals surface area (Å²) in [5.74, 6) is 0.934. The molecule has 220 valence electrons. The monoisotopic (exact) mass is 598 g/mol. The van der Waals surface area contributed by atoms with Gasteiger partial charge in [0.05, 0.1) is 11.0 Å². The van der Waals surface area contributed by atoms with Gasteiger partial charge in [-0.2, -0.15) is 0 Å². The molecular weight excluding hydrogens is 569 g/mol. The second-order valence-corrected chi connectivity index (χ2v) is 12.0. The van der Waals surface area contributed by atoms with Gasteiger partial charge in [0.25, 0.3) is 0 Å². The normalized spacial score (nSPS) is 11.4. The van der Waals surface area contributed by atoms with Crippen LogP contribution in [0.5, 0.6) is 0 Å². The summed E-state index contributed by atoms with van der Waals surface area (Å²) in [5.41, 5.74) is 11.6. The summed E-state index contributed by atoms with van der Waals surface area (Å²) < 4.78 is 2.31. The fourth-order valence-electron chi connectivity index (χ4n) is 7.09. The summed E-state index contributed by atoms with van der Waals surface area (Å²) in [4.78, 5) is 5.14. The van der Waals surface area contributed by atoms with E-state index in [0.29, 0.717) is 0 Å². The zero-order valence-electron chi connectivity index (χ0n) is 25.7. The highest BCUT2D eigenvalue weighted by Crippen LogP contribution is 2.45. The smallest absolute Gasteiger partial charge is 0.145 e. The lowest BCUT2D eigenvalue weighted by Gasteiger charge is -2.20. The van der Waals surface area contributed by atoms with Crippen LogP contribution >= 0.6 is 0 Å². The summed E-state index contributed by atoms with van der Waals surface area (Å²) in [6.45, 7) is 0. The number of nitrogens with zero attached hydrogens (tertiary/aromatic N) is 2. The third-order valence-electron chi connectivity index (χ3n) is 9.18. The summed E-state index contributed by atoms with van der Waals surface area (Å²) >= 11 is 0. The molecule has 9 rings (SSSR count). The van der Waals surface area contributed by atoms with Gasteiger partial charge in [-0.25, -0.2) is 4.98 Å². The third-order valence-corrected chi connectivity index (χ3v) is 9.18. The lowest BCUT2D eigenvalue weighted by Crippen LogP contribution is -1.99. The summed E-state index contributed by atoms with van der Waals surface area (Å²) in [5, 5.41) is 4.92. The molecule has 47 heavy (non-hydrogen) atoms. The minimum Gasteiger partial charge on any atom is -0.292 e. The van der Waals surface area contributed by atoms with Gasteiger partial charge in [-0.3, -0.25) is 4.57 Å². The topological polar surface area (TPSA) is 17.8 Å². The van der Waals surface area contributed by atoms with E-state index in [-0.39, 0.29) is 0 Å². The van der Waals surface area contributed by atoms with E-state index in [1.54, 1.807) is 0 Å². The minimum atomic E-state index is 0.934. The van der Waals surface area contributed by atoms with Crippen molar-refractivity contribution in [1.82, 2.24) is 9.55 Å². The molecule has 0 aliphatic heterocycles. The second kappa shape index (κ2) is 11.3. The Hall–Kier alpha value is -6.25. The van der Waals surface area contributed by atoms with Crippen LogP contribution in [0.4, 0.5) is 0 Å². The van der Waals surface area contributed by atoms with Crippen LogP contribution in [0, 0.1) is 0 Å². The van der Waals surface area contributed by atoms with Crippen molar-refractivity contribution in [3.8, 4) is 50.5 Å². The molecule has 0 amide bonds. The molecule has 0 N–H and O–H groups in total. The lowest BCUT2D eigenvalue weighted by molar-refractivity contribution is 1.11. The maximum absolute atomic E-state index is 5.14. The SMILES string of the molecule is c1ccc(-c2cccc(-c3c4ccccc4c(-c4ccccc4)c4cc(-n5c(-c6ccccc6)nc6ccccc65)ccc34)c2)cc1. The van der Waals surface area contributed by atoms with Crippen LogP contribution in [-0.4, -0.2) is 9.55 Å². The van der Waals surface area contributed by atoms with Gasteiger partial charge in [-0.15, -0.1) is 0 Å². The first-order valence-corrected chi connectivity index (χ1v) is 16.1. The molecule has 2 nitrogen and oxygen atoms in total. The maximum Gasteiger partial charge on any atom is 0.145 e. The fraction of sp³-hybridized carbons (Fsp3) is 0. The molecule has 0 aliphatic rings. The van der Waals surface area contributed by atoms with Crippen molar-refractivity contribution in [1.29, 1.82) is 0 Å². The number of para-hydroxylation sites is 2. The van der Waals surface area contributed by atoms with Crippen LogP contribution in [0.15, 0.2) is 182 Å². The van der Waals surface area contributed by atoms with Gasteiger partial charge in [-0.1, -0.05) is 152 Å². The molecule has 2 heteroatoms. The molecule has 0 aliphatic carbocycles. The molecule has 0 bridgehead atoms. The average Bonchev–Trinajstić information content (AvgIpc) is 3.54. The first kappa shape index (κ1) is 27.1. The van der Waals surface area contributed by atoms with E-state index in [1.807, 2.05) is 0 Å². The number of aromatic nitrogens is 2. The Morgan fingerprint density at radius 3 is 1.60 bits per heavy atom. The first-order chi connectivity index (χ1) is 23.3. The Morgan fingerprint density at radius 1 is 0.340 bits per heavy atom. The number of rotatable bonds is 5. The summed E-state index contributed by atoms with van der Waals surface area (Å²) in [7, 11) is 0. The number of hydrogen-bond acceptors (Lipinski definition) is 1. The predicted molar refractivity (Wildman–Crippen MR) is 198 cm³/mol. The fourth-order valence-corrected chi connectivity index (χ4v) is 7.09.